The van der Waals surface area contributed by atoms with E-state index in [0.29, 0.717) is 0 Å². The van der Waals surface area contributed by atoms with Crippen LogP contribution in [0.25, 0.3) is 0 Å². The maximum Gasteiger partial charge on any atom is 0.323 e. The molecule has 2 bridgehead atoms. The Morgan fingerprint density at radius 3 is 1.92 bits per heavy atom. The van der Waals surface area contributed by atoms with Gasteiger partial charge in [-0.3, -0.25) is 9.59 Å². The van der Waals surface area contributed by atoms with Crippen LogP contribution in [0.15, 0.2) is 0 Å². The highest BCUT2D eigenvalue weighted by Gasteiger charge is 2.68. The number of halogens is 1. The average molecular weight is 208 g/mol. The lowest BCUT2D eigenvalue weighted by atomic mass is 9.62. The van der Waals surface area contributed by atoms with Gasteiger partial charge in [0.1, 0.15) is 5.54 Å². The van der Waals surface area contributed by atoms with Gasteiger partial charge < -0.3 is 15.5 Å². The summed E-state index contributed by atoms with van der Waals surface area (Å²) in [6, 6.07) is 0. The van der Waals surface area contributed by atoms with E-state index in [4.69, 9.17) is 10.2 Å². The smallest absolute Gasteiger partial charge is 0.323 e. The molecule has 0 aromatic heterocycles. The Kier molecular flexibility index (Phi) is 2.04. The third-order valence-corrected chi connectivity index (χ3v) is 2.91. The van der Waals surface area contributed by atoms with Crippen LogP contribution >= 0.6 is 12.4 Å². The molecule has 2 saturated heterocycles. The molecule has 0 atom stereocenters. The lowest BCUT2D eigenvalue weighted by Crippen LogP contribution is -2.56. The van der Waals surface area contributed by atoms with Crippen LogP contribution in [0.5, 0.6) is 0 Å². The fourth-order valence-corrected chi connectivity index (χ4v) is 2.15. The summed E-state index contributed by atoms with van der Waals surface area (Å²) in [4.78, 5) is 21.4. The number of fused-ring (bicyclic) bond motifs is 1. The molecule has 2 aliphatic heterocycles. The van der Waals surface area contributed by atoms with Gasteiger partial charge in [-0.1, -0.05) is 0 Å². The van der Waals surface area contributed by atoms with E-state index in [0.717, 1.165) is 0 Å². The van der Waals surface area contributed by atoms with Crippen molar-refractivity contribution in [3.8, 4) is 0 Å². The molecule has 6 heteroatoms. The summed E-state index contributed by atoms with van der Waals surface area (Å²) in [5, 5.41) is 20.3. The fraction of sp³-hybridized carbons (Fsp3) is 0.714. The monoisotopic (exact) mass is 207 g/mol. The number of aliphatic carboxylic acids is 2. The Balaban J connectivity index is 0.000000845. The number of carbonyl (C=O) groups is 2. The van der Waals surface area contributed by atoms with Gasteiger partial charge in [0, 0.05) is 6.54 Å². The van der Waals surface area contributed by atoms with Crippen LogP contribution in [0, 0.1) is 5.41 Å². The predicted octanol–water partition coefficient (Wildman–Crippen LogP) is -0.300. The van der Waals surface area contributed by atoms with E-state index in [1.165, 1.54) is 0 Å². The van der Waals surface area contributed by atoms with Crippen molar-refractivity contribution < 1.29 is 19.8 Å². The van der Waals surface area contributed by atoms with Crippen molar-refractivity contribution >= 4 is 24.3 Å². The first kappa shape index (κ1) is 10.3. The molecule has 13 heavy (non-hydrogen) atoms. The molecule has 3 rings (SSSR count). The van der Waals surface area contributed by atoms with Crippen molar-refractivity contribution in [2.45, 2.75) is 18.4 Å². The molecule has 1 aliphatic carbocycles. The van der Waals surface area contributed by atoms with E-state index in [2.05, 4.69) is 5.32 Å². The molecule has 3 aliphatic rings. The first-order valence-electron chi connectivity index (χ1n) is 3.73. The second-order valence-electron chi connectivity index (χ2n) is 3.68. The van der Waals surface area contributed by atoms with Crippen molar-refractivity contribution in [1.82, 2.24) is 5.32 Å². The molecule has 1 saturated carbocycles. The van der Waals surface area contributed by atoms with Crippen LogP contribution in [0.4, 0.5) is 0 Å². The number of nitrogens with one attached hydrogen (secondary N) is 1. The van der Waals surface area contributed by atoms with Gasteiger partial charge in [-0.25, -0.2) is 0 Å². The van der Waals surface area contributed by atoms with E-state index in [-0.39, 0.29) is 31.8 Å². The average Bonchev–Trinajstić information content (AvgIpc) is 2.37. The Labute approximate surface area is 80.5 Å². The maximum absolute atomic E-state index is 10.7. The van der Waals surface area contributed by atoms with Crippen LogP contribution in [0.1, 0.15) is 12.8 Å². The molecule has 0 radical (unpaired) electrons. The topological polar surface area (TPSA) is 86.6 Å². The zero-order chi connectivity index (χ0) is 8.98. The maximum atomic E-state index is 10.7. The zero-order valence-electron chi connectivity index (χ0n) is 6.74. The van der Waals surface area contributed by atoms with Gasteiger partial charge in [0.05, 0.1) is 5.41 Å². The van der Waals surface area contributed by atoms with Gasteiger partial charge in [0.15, 0.2) is 0 Å². The fourth-order valence-electron chi connectivity index (χ4n) is 2.15. The third-order valence-electron chi connectivity index (χ3n) is 2.91. The molecule has 0 aromatic carbocycles. The van der Waals surface area contributed by atoms with E-state index < -0.39 is 22.9 Å². The molecular weight excluding hydrogens is 198 g/mol. The number of carboxylic acids is 2. The summed E-state index contributed by atoms with van der Waals surface area (Å²) >= 11 is 0. The van der Waals surface area contributed by atoms with Crippen molar-refractivity contribution in [3.05, 3.63) is 0 Å². The van der Waals surface area contributed by atoms with Gasteiger partial charge in [0.2, 0.25) is 0 Å². The minimum Gasteiger partial charge on any atom is -0.481 e. The Hall–Kier alpha value is -0.810. The van der Waals surface area contributed by atoms with Crippen LogP contribution < -0.4 is 5.32 Å². The van der Waals surface area contributed by atoms with Gasteiger partial charge in [0.25, 0.3) is 0 Å². The number of carboxylic acid groups (broad SMARTS) is 2. The van der Waals surface area contributed by atoms with E-state index in [9.17, 15) is 9.59 Å². The summed E-state index contributed by atoms with van der Waals surface area (Å²) in [7, 11) is 0. The quantitative estimate of drug-likeness (QED) is 0.579. The summed E-state index contributed by atoms with van der Waals surface area (Å²) in [5.74, 6) is -1.82. The van der Waals surface area contributed by atoms with E-state index in [1.807, 2.05) is 0 Å². The summed E-state index contributed by atoms with van der Waals surface area (Å²) in [5.41, 5.74) is -1.73. The van der Waals surface area contributed by atoms with E-state index >= 15 is 0 Å². The molecule has 3 fully saturated rings. The van der Waals surface area contributed by atoms with Crippen molar-refractivity contribution in [2.24, 2.45) is 5.41 Å². The van der Waals surface area contributed by atoms with Crippen LogP contribution in [-0.4, -0.2) is 34.2 Å². The molecule has 0 amide bonds. The zero-order valence-corrected chi connectivity index (χ0v) is 7.56. The van der Waals surface area contributed by atoms with Crippen LogP contribution in [-0.2, 0) is 9.59 Å². The first-order chi connectivity index (χ1) is 5.51. The van der Waals surface area contributed by atoms with Crippen molar-refractivity contribution in [1.29, 1.82) is 0 Å². The lowest BCUT2D eigenvalue weighted by Gasteiger charge is -2.39. The summed E-state index contributed by atoms with van der Waals surface area (Å²) in [6.45, 7) is 0.286. The number of rotatable bonds is 2. The molecule has 0 spiro atoms. The molecule has 0 aromatic rings. The molecule has 2 heterocycles. The molecule has 5 nitrogen and oxygen atoms in total. The largest absolute Gasteiger partial charge is 0.481 e. The van der Waals surface area contributed by atoms with Crippen molar-refractivity contribution in [3.63, 3.8) is 0 Å². The second-order valence-corrected chi connectivity index (χ2v) is 3.68. The standard InChI is InChI=1S/C7H9NO4.ClH/c9-4(10)6-1-7(2-6,5(11)12)8-3-6;/h8H,1-3H2,(H,9,10)(H,11,12);1H. The SMILES string of the molecule is Cl.O=C(O)C12CNC(C(=O)O)(C1)C2. The third kappa shape index (κ3) is 1.04. The van der Waals surface area contributed by atoms with Crippen LogP contribution in [0.3, 0.4) is 0 Å². The minimum atomic E-state index is -0.933. The van der Waals surface area contributed by atoms with Gasteiger partial charge in [-0.2, -0.15) is 0 Å². The van der Waals surface area contributed by atoms with Gasteiger partial charge in [-0.15, -0.1) is 12.4 Å². The van der Waals surface area contributed by atoms with Gasteiger partial charge >= 0.3 is 11.9 Å². The highest BCUT2D eigenvalue weighted by atomic mass is 35.5. The molecule has 0 unspecified atom stereocenters. The minimum absolute atomic E-state index is 0. The Bertz CT molecular complexity index is 246. The molecule has 74 valence electrons. The first-order valence-corrected chi connectivity index (χ1v) is 3.73. The van der Waals surface area contributed by atoms with Gasteiger partial charge in [-0.05, 0) is 12.8 Å². The van der Waals surface area contributed by atoms with Crippen LogP contribution in [0.2, 0.25) is 0 Å². The predicted molar refractivity (Wildman–Crippen MR) is 44.9 cm³/mol. The second kappa shape index (κ2) is 2.59. The number of hydrogen-bond acceptors (Lipinski definition) is 3. The molecule has 3 N–H and O–H groups in total. The van der Waals surface area contributed by atoms with Crippen molar-refractivity contribution in [2.75, 3.05) is 6.54 Å². The summed E-state index contributed by atoms with van der Waals surface area (Å²) in [6.07, 6.45) is 0.454. The highest BCUT2D eigenvalue weighted by molar-refractivity contribution is 5.89. The van der Waals surface area contributed by atoms with E-state index in [1.54, 1.807) is 0 Å². The lowest BCUT2D eigenvalue weighted by molar-refractivity contribution is -0.160. The number of hydrogen-bond donors (Lipinski definition) is 3. The summed E-state index contributed by atoms with van der Waals surface area (Å²) < 4.78 is 0. The Morgan fingerprint density at radius 1 is 1.15 bits per heavy atom. The normalized spacial score (nSPS) is 40.3. The Morgan fingerprint density at radius 2 is 1.69 bits per heavy atom. The molecular formula is C7H10ClNO4. The highest BCUT2D eigenvalue weighted by Crippen LogP contribution is 2.54.